The molecule has 20 heavy (non-hydrogen) atoms. The summed E-state index contributed by atoms with van der Waals surface area (Å²) in [4.78, 5) is 12.2. The summed E-state index contributed by atoms with van der Waals surface area (Å²) >= 11 is 0. The summed E-state index contributed by atoms with van der Waals surface area (Å²) in [5.41, 5.74) is 3.33. The first-order chi connectivity index (χ1) is 9.65. The molecule has 0 aliphatic heterocycles. The Balaban J connectivity index is 1.81. The molecular weight excluding hydrogens is 253 g/mol. The van der Waals surface area contributed by atoms with Crippen molar-refractivity contribution in [1.82, 2.24) is 5.32 Å². The van der Waals surface area contributed by atoms with Crippen molar-refractivity contribution in [1.29, 1.82) is 0 Å². The topological polar surface area (TPSA) is 29.1 Å². The van der Waals surface area contributed by atoms with Crippen LogP contribution in [0.15, 0.2) is 42.5 Å². The van der Waals surface area contributed by atoms with E-state index in [0.29, 0.717) is 0 Å². The van der Waals surface area contributed by atoms with E-state index in [9.17, 15) is 9.18 Å². The van der Waals surface area contributed by atoms with Gasteiger partial charge in [-0.15, -0.1) is 0 Å². The number of benzene rings is 2. The summed E-state index contributed by atoms with van der Waals surface area (Å²) in [6.45, 7) is 1.80. The van der Waals surface area contributed by atoms with Gasteiger partial charge in [-0.2, -0.15) is 0 Å². The summed E-state index contributed by atoms with van der Waals surface area (Å²) in [5.74, 6) is -0.807. The summed E-state index contributed by atoms with van der Waals surface area (Å²) in [6, 6.07) is 12.7. The van der Waals surface area contributed by atoms with E-state index in [0.717, 1.165) is 24.0 Å². The molecule has 1 atom stereocenters. The molecule has 0 spiro atoms. The Morgan fingerprint density at radius 2 is 2.05 bits per heavy atom. The molecule has 2 aromatic rings. The molecule has 1 amide bonds. The Bertz CT molecular complexity index is 666. The van der Waals surface area contributed by atoms with E-state index >= 15 is 0 Å². The molecule has 3 heteroatoms. The van der Waals surface area contributed by atoms with Crippen molar-refractivity contribution >= 4 is 5.91 Å². The van der Waals surface area contributed by atoms with Gasteiger partial charge in [0.15, 0.2) is 0 Å². The number of carbonyl (C=O) groups excluding carboxylic acids is 1. The van der Waals surface area contributed by atoms with Gasteiger partial charge < -0.3 is 5.32 Å². The highest BCUT2D eigenvalue weighted by Gasteiger charge is 2.24. The first kappa shape index (κ1) is 12.9. The van der Waals surface area contributed by atoms with E-state index in [1.807, 2.05) is 18.2 Å². The maximum absolute atomic E-state index is 13.8. The number of halogens is 1. The molecule has 1 aliphatic rings. The van der Waals surface area contributed by atoms with Gasteiger partial charge >= 0.3 is 0 Å². The third kappa shape index (κ3) is 2.31. The van der Waals surface area contributed by atoms with Gasteiger partial charge in [0.1, 0.15) is 5.82 Å². The van der Waals surface area contributed by atoms with Gasteiger partial charge in [0, 0.05) is 0 Å². The van der Waals surface area contributed by atoms with Gasteiger partial charge in [0.2, 0.25) is 0 Å². The molecular formula is C17H16FNO. The molecule has 1 aliphatic carbocycles. The zero-order valence-electron chi connectivity index (χ0n) is 11.3. The Kier molecular flexibility index (Phi) is 3.26. The van der Waals surface area contributed by atoms with E-state index in [1.165, 1.54) is 11.6 Å². The van der Waals surface area contributed by atoms with Crippen LogP contribution in [-0.2, 0) is 6.42 Å². The smallest absolute Gasteiger partial charge is 0.254 e. The average molecular weight is 269 g/mol. The van der Waals surface area contributed by atoms with Gasteiger partial charge in [-0.25, -0.2) is 4.39 Å². The van der Waals surface area contributed by atoms with E-state index in [4.69, 9.17) is 0 Å². The molecule has 1 N–H and O–H groups in total. The molecule has 102 valence electrons. The lowest BCUT2D eigenvalue weighted by Crippen LogP contribution is -2.27. The van der Waals surface area contributed by atoms with Crippen molar-refractivity contribution in [3.8, 4) is 0 Å². The minimum absolute atomic E-state index is 0.0144. The van der Waals surface area contributed by atoms with Crippen LogP contribution in [0.25, 0.3) is 0 Å². The highest BCUT2D eigenvalue weighted by atomic mass is 19.1. The largest absolute Gasteiger partial charge is 0.345 e. The maximum Gasteiger partial charge on any atom is 0.254 e. The fourth-order valence-corrected chi connectivity index (χ4v) is 2.75. The minimum Gasteiger partial charge on any atom is -0.345 e. The van der Waals surface area contributed by atoms with E-state index in [1.54, 1.807) is 19.1 Å². The van der Waals surface area contributed by atoms with Gasteiger partial charge in [0.05, 0.1) is 11.6 Å². The Morgan fingerprint density at radius 1 is 1.25 bits per heavy atom. The lowest BCUT2D eigenvalue weighted by molar-refractivity contribution is 0.0932. The molecule has 0 fully saturated rings. The second-order valence-electron chi connectivity index (χ2n) is 5.25. The van der Waals surface area contributed by atoms with Crippen molar-refractivity contribution < 1.29 is 9.18 Å². The molecule has 0 heterocycles. The maximum atomic E-state index is 13.8. The quantitative estimate of drug-likeness (QED) is 0.887. The van der Waals surface area contributed by atoms with Crippen LogP contribution >= 0.6 is 0 Å². The number of fused-ring (bicyclic) bond motifs is 1. The number of rotatable bonds is 2. The number of hydrogen-bond donors (Lipinski definition) is 1. The summed E-state index contributed by atoms with van der Waals surface area (Å²) in [7, 11) is 0. The lowest BCUT2D eigenvalue weighted by Gasteiger charge is -2.14. The van der Waals surface area contributed by atoms with Crippen LogP contribution in [0.2, 0.25) is 0 Å². The normalized spacial score (nSPS) is 16.8. The van der Waals surface area contributed by atoms with Crippen LogP contribution in [0.1, 0.15) is 39.5 Å². The molecule has 0 radical (unpaired) electrons. The molecule has 1 unspecified atom stereocenters. The van der Waals surface area contributed by atoms with Crippen LogP contribution in [-0.4, -0.2) is 5.91 Å². The van der Waals surface area contributed by atoms with Gasteiger partial charge in [-0.3, -0.25) is 4.79 Å². The van der Waals surface area contributed by atoms with E-state index < -0.39 is 5.82 Å². The molecule has 0 bridgehead atoms. The van der Waals surface area contributed by atoms with Crippen LogP contribution in [0.5, 0.6) is 0 Å². The number of nitrogens with one attached hydrogen (secondary N) is 1. The molecule has 0 saturated heterocycles. The van der Waals surface area contributed by atoms with Crippen molar-refractivity contribution in [2.24, 2.45) is 0 Å². The molecule has 2 aromatic carbocycles. The molecule has 0 saturated carbocycles. The minimum atomic E-state index is -0.464. The van der Waals surface area contributed by atoms with Crippen LogP contribution < -0.4 is 5.32 Å². The first-order valence-corrected chi connectivity index (χ1v) is 6.80. The number of hydrogen-bond acceptors (Lipinski definition) is 1. The SMILES string of the molecule is Cc1ccc(C(=O)NC2CCc3ccccc32)c(F)c1. The third-order valence-electron chi connectivity index (χ3n) is 3.81. The summed E-state index contributed by atoms with van der Waals surface area (Å²) in [5, 5.41) is 2.93. The van der Waals surface area contributed by atoms with Crippen LogP contribution in [0, 0.1) is 12.7 Å². The summed E-state index contributed by atoms with van der Waals surface area (Å²) < 4.78 is 13.8. The standard InChI is InChI=1S/C17H16FNO/c1-11-6-8-14(15(18)10-11)17(20)19-16-9-7-12-4-2-3-5-13(12)16/h2-6,8,10,16H,7,9H2,1H3,(H,19,20). The highest BCUT2D eigenvalue weighted by Crippen LogP contribution is 2.31. The van der Waals surface area contributed by atoms with Gasteiger partial charge in [0.25, 0.3) is 5.91 Å². The molecule has 0 aromatic heterocycles. The zero-order chi connectivity index (χ0) is 14.1. The van der Waals surface area contributed by atoms with Crippen LogP contribution in [0.3, 0.4) is 0 Å². The van der Waals surface area contributed by atoms with E-state index in [-0.39, 0.29) is 17.5 Å². The fraction of sp³-hybridized carbons (Fsp3) is 0.235. The monoisotopic (exact) mass is 269 g/mol. The van der Waals surface area contributed by atoms with Gasteiger partial charge in [-0.05, 0) is 48.6 Å². The number of aryl methyl sites for hydroxylation is 2. The zero-order valence-corrected chi connectivity index (χ0v) is 11.3. The Hall–Kier alpha value is -2.16. The second-order valence-corrected chi connectivity index (χ2v) is 5.25. The lowest BCUT2D eigenvalue weighted by atomic mass is 10.1. The Labute approximate surface area is 117 Å². The predicted molar refractivity (Wildman–Crippen MR) is 76.1 cm³/mol. The average Bonchev–Trinajstić information content (AvgIpc) is 2.82. The first-order valence-electron chi connectivity index (χ1n) is 6.80. The van der Waals surface area contributed by atoms with Crippen molar-refractivity contribution in [2.45, 2.75) is 25.8 Å². The van der Waals surface area contributed by atoms with Crippen molar-refractivity contribution in [2.75, 3.05) is 0 Å². The van der Waals surface area contributed by atoms with Crippen molar-refractivity contribution in [3.05, 3.63) is 70.5 Å². The fourth-order valence-electron chi connectivity index (χ4n) is 2.75. The number of carbonyl (C=O) groups is 1. The predicted octanol–water partition coefficient (Wildman–Crippen LogP) is 3.55. The summed E-state index contributed by atoms with van der Waals surface area (Å²) in [6.07, 6.45) is 1.83. The van der Waals surface area contributed by atoms with Crippen molar-refractivity contribution in [3.63, 3.8) is 0 Å². The van der Waals surface area contributed by atoms with Crippen LogP contribution in [0.4, 0.5) is 4.39 Å². The Morgan fingerprint density at radius 3 is 2.85 bits per heavy atom. The van der Waals surface area contributed by atoms with Gasteiger partial charge in [-0.1, -0.05) is 30.3 Å². The number of amides is 1. The highest BCUT2D eigenvalue weighted by molar-refractivity contribution is 5.94. The second kappa shape index (κ2) is 5.08. The molecule has 3 rings (SSSR count). The van der Waals surface area contributed by atoms with E-state index in [2.05, 4.69) is 11.4 Å². The molecule has 2 nitrogen and oxygen atoms in total. The third-order valence-corrected chi connectivity index (χ3v) is 3.81.